The van der Waals surface area contributed by atoms with Gasteiger partial charge in [0.25, 0.3) is 0 Å². The molecule has 0 N–H and O–H groups in total. The molecule has 0 aromatic carbocycles. The number of rotatable bonds is 9. The summed E-state index contributed by atoms with van der Waals surface area (Å²) >= 11 is 0. The number of epoxide rings is 2. The number of hydrogen-bond donors (Lipinski definition) is 0. The molecule has 0 amide bonds. The van der Waals surface area contributed by atoms with Crippen molar-refractivity contribution in [3.8, 4) is 0 Å². The molecule has 0 aromatic rings. The van der Waals surface area contributed by atoms with Gasteiger partial charge < -0.3 is 9.47 Å². The minimum Gasteiger partial charge on any atom is -0.372 e. The van der Waals surface area contributed by atoms with Gasteiger partial charge in [0.1, 0.15) is 0 Å². The summed E-state index contributed by atoms with van der Waals surface area (Å²) in [6.45, 7) is 7.65. The second-order valence-electron chi connectivity index (χ2n) is 4.73. The first-order valence-corrected chi connectivity index (χ1v) is 6.34. The highest BCUT2D eigenvalue weighted by Gasteiger charge is 2.30. The second kappa shape index (κ2) is 5.83. The van der Waals surface area contributed by atoms with Crippen LogP contribution in [0, 0.1) is 0 Å². The van der Waals surface area contributed by atoms with Gasteiger partial charge in [0.15, 0.2) is 0 Å². The van der Waals surface area contributed by atoms with Crippen molar-refractivity contribution in [2.24, 2.45) is 0 Å². The van der Waals surface area contributed by atoms with Gasteiger partial charge in [-0.25, -0.2) is 0 Å². The molecule has 2 heterocycles. The third kappa shape index (κ3) is 4.96. The van der Waals surface area contributed by atoms with Gasteiger partial charge in [-0.1, -0.05) is 26.2 Å². The van der Waals surface area contributed by atoms with E-state index in [0.717, 1.165) is 26.3 Å². The zero-order valence-electron chi connectivity index (χ0n) is 9.78. The maximum atomic E-state index is 5.29. The van der Waals surface area contributed by atoms with Crippen molar-refractivity contribution in [3.05, 3.63) is 0 Å². The zero-order chi connectivity index (χ0) is 10.5. The summed E-state index contributed by atoms with van der Waals surface area (Å²) in [5.41, 5.74) is 0. The van der Waals surface area contributed by atoms with E-state index in [0.29, 0.717) is 12.2 Å². The highest BCUT2D eigenvalue weighted by atomic mass is 16.6. The molecular weight excluding hydrogens is 190 g/mol. The van der Waals surface area contributed by atoms with Crippen LogP contribution in [0.15, 0.2) is 0 Å². The first-order valence-electron chi connectivity index (χ1n) is 6.34. The molecule has 0 radical (unpaired) electrons. The molecule has 3 heteroatoms. The van der Waals surface area contributed by atoms with Crippen LogP contribution in [0.5, 0.6) is 0 Å². The van der Waals surface area contributed by atoms with Gasteiger partial charge in [-0.15, -0.1) is 0 Å². The molecule has 0 saturated carbocycles. The average molecular weight is 213 g/mol. The predicted molar refractivity (Wildman–Crippen MR) is 60.1 cm³/mol. The molecule has 2 aliphatic rings. The third-order valence-electron chi connectivity index (χ3n) is 3.06. The minimum absolute atomic E-state index is 0.523. The number of unbranched alkanes of at least 4 members (excludes halogenated alkanes) is 3. The smallest absolute Gasteiger partial charge is 0.0936 e. The number of ether oxygens (including phenoxy) is 2. The fourth-order valence-electron chi connectivity index (χ4n) is 1.94. The van der Waals surface area contributed by atoms with Crippen molar-refractivity contribution in [2.75, 3.05) is 32.8 Å². The summed E-state index contributed by atoms with van der Waals surface area (Å²) in [5, 5.41) is 0. The van der Waals surface area contributed by atoms with E-state index in [1.54, 1.807) is 0 Å². The fraction of sp³-hybridized carbons (Fsp3) is 1.00. The quantitative estimate of drug-likeness (QED) is 0.431. The van der Waals surface area contributed by atoms with E-state index in [4.69, 9.17) is 9.47 Å². The lowest BCUT2D eigenvalue weighted by Gasteiger charge is -2.20. The maximum Gasteiger partial charge on any atom is 0.0936 e. The van der Waals surface area contributed by atoms with E-state index in [2.05, 4.69) is 11.8 Å². The third-order valence-corrected chi connectivity index (χ3v) is 3.06. The zero-order valence-corrected chi connectivity index (χ0v) is 9.78. The Morgan fingerprint density at radius 2 is 1.60 bits per heavy atom. The monoisotopic (exact) mass is 213 g/mol. The lowest BCUT2D eigenvalue weighted by molar-refractivity contribution is 0.216. The first-order chi connectivity index (χ1) is 7.38. The molecule has 2 aliphatic heterocycles. The van der Waals surface area contributed by atoms with Crippen LogP contribution < -0.4 is 0 Å². The first kappa shape index (κ1) is 11.4. The van der Waals surface area contributed by atoms with E-state index in [9.17, 15) is 0 Å². The van der Waals surface area contributed by atoms with Crippen LogP contribution in [0.4, 0.5) is 0 Å². The molecule has 0 bridgehead atoms. The van der Waals surface area contributed by atoms with Crippen LogP contribution in [0.2, 0.25) is 0 Å². The van der Waals surface area contributed by atoms with Gasteiger partial charge in [-0.05, 0) is 13.0 Å². The van der Waals surface area contributed by atoms with Crippen LogP contribution in [-0.2, 0) is 9.47 Å². The van der Waals surface area contributed by atoms with E-state index in [1.165, 1.54) is 32.2 Å². The van der Waals surface area contributed by atoms with Gasteiger partial charge in [0.2, 0.25) is 0 Å². The topological polar surface area (TPSA) is 28.3 Å². The summed E-state index contributed by atoms with van der Waals surface area (Å²) in [5.74, 6) is 0. The molecule has 2 saturated heterocycles. The molecule has 0 aliphatic carbocycles. The van der Waals surface area contributed by atoms with Crippen LogP contribution >= 0.6 is 0 Å². The molecule has 0 spiro atoms. The SMILES string of the molecule is CCCCCCN(CC1CO1)CC1CO1. The molecule has 88 valence electrons. The summed E-state index contributed by atoms with van der Waals surface area (Å²) in [7, 11) is 0. The average Bonchev–Trinajstić information content (AvgIpc) is 3.07. The Morgan fingerprint density at radius 3 is 2.07 bits per heavy atom. The molecule has 2 atom stereocenters. The van der Waals surface area contributed by atoms with E-state index in [-0.39, 0.29) is 0 Å². The standard InChI is InChI=1S/C12H23NO2/c1-2-3-4-5-6-13(7-11-9-14-11)8-12-10-15-12/h11-12H,2-10H2,1H3. The molecule has 2 unspecified atom stereocenters. The molecule has 0 aromatic heterocycles. The number of hydrogen-bond acceptors (Lipinski definition) is 3. The predicted octanol–water partition coefficient (Wildman–Crippen LogP) is 1.67. The lowest BCUT2D eigenvalue weighted by atomic mass is 10.2. The van der Waals surface area contributed by atoms with Crippen molar-refractivity contribution < 1.29 is 9.47 Å². The molecule has 15 heavy (non-hydrogen) atoms. The van der Waals surface area contributed by atoms with E-state index < -0.39 is 0 Å². The van der Waals surface area contributed by atoms with Gasteiger partial charge >= 0.3 is 0 Å². The summed E-state index contributed by atoms with van der Waals surface area (Å²) < 4.78 is 10.6. The van der Waals surface area contributed by atoms with Crippen LogP contribution in [0.1, 0.15) is 32.6 Å². The summed E-state index contributed by atoms with van der Waals surface area (Å²) in [6.07, 6.45) is 6.42. The maximum absolute atomic E-state index is 5.29. The Labute approximate surface area is 92.7 Å². The Morgan fingerprint density at radius 1 is 1.00 bits per heavy atom. The molecule has 2 fully saturated rings. The highest BCUT2D eigenvalue weighted by molar-refractivity contribution is 4.79. The van der Waals surface area contributed by atoms with Gasteiger partial charge in [-0.3, -0.25) is 4.90 Å². The fourth-order valence-corrected chi connectivity index (χ4v) is 1.94. The molecule has 3 nitrogen and oxygen atoms in total. The Bertz CT molecular complexity index is 164. The van der Waals surface area contributed by atoms with Gasteiger partial charge in [-0.2, -0.15) is 0 Å². The van der Waals surface area contributed by atoms with Crippen molar-refractivity contribution in [1.82, 2.24) is 4.90 Å². The molecular formula is C12H23NO2. The van der Waals surface area contributed by atoms with Crippen LogP contribution in [-0.4, -0.2) is 50.0 Å². The Balaban J connectivity index is 1.57. The van der Waals surface area contributed by atoms with Crippen molar-refractivity contribution >= 4 is 0 Å². The van der Waals surface area contributed by atoms with Crippen LogP contribution in [0.25, 0.3) is 0 Å². The van der Waals surface area contributed by atoms with Gasteiger partial charge in [0, 0.05) is 13.1 Å². The molecule has 2 rings (SSSR count). The summed E-state index contributed by atoms with van der Waals surface area (Å²) in [6, 6.07) is 0. The Hall–Kier alpha value is -0.120. The van der Waals surface area contributed by atoms with E-state index in [1.807, 2.05) is 0 Å². The minimum atomic E-state index is 0.523. The number of nitrogens with zero attached hydrogens (tertiary/aromatic N) is 1. The second-order valence-corrected chi connectivity index (χ2v) is 4.73. The van der Waals surface area contributed by atoms with Gasteiger partial charge in [0.05, 0.1) is 25.4 Å². The lowest BCUT2D eigenvalue weighted by Crippen LogP contribution is -2.32. The largest absolute Gasteiger partial charge is 0.372 e. The van der Waals surface area contributed by atoms with Crippen molar-refractivity contribution in [3.63, 3.8) is 0 Å². The summed E-state index contributed by atoms with van der Waals surface area (Å²) in [4.78, 5) is 2.52. The normalized spacial score (nSPS) is 28.4. The Kier molecular flexibility index (Phi) is 4.42. The highest BCUT2D eigenvalue weighted by Crippen LogP contribution is 2.16. The van der Waals surface area contributed by atoms with Crippen molar-refractivity contribution in [1.29, 1.82) is 0 Å². The van der Waals surface area contributed by atoms with E-state index >= 15 is 0 Å². The van der Waals surface area contributed by atoms with Crippen molar-refractivity contribution in [2.45, 2.75) is 44.8 Å². The van der Waals surface area contributed by atoms with Crippen LogP contribution in [0.3, 0.4) is 0 Å².